The van der Waals surface area contributed by atoms with Gasteiger partial charge in [0.05, 0.1) is 6.42 Å². The lowest BCUT2D eigenvalue weighted by Gasteiger charge is -2.35. The van der Waals surface area contributed by atoms with E-state index in [1.165, 1.54) is 11.3 Å². The van der Waals surface area contributed by atoms with Crippen LogP contribution in [0, 0.1) is 6.92 Å². The van der Waals surface area contributed by atoms with Crippen LogP contribution in [0.25, 0.3) is 0 Å². The number of hydrogen-bond acceptors (Lipinski definition) is 3. The van der Waals surface area contributed by atoms with E-state index in [1.54, 1.807) is 0 Å². The van der Waals surface area contributed by atoms with Crippen LogP contribution < -0.4 is 15.1 Å². The molecule has 0 saturated carbocycles. The van der Waals surface area contributed by atoms with E-state index < -0.39 is 0 Å². The number of amides is 2. The van der Waals surface area contributed by atoms with E-state index in [2.05, 4.69) is 28.4 Å². The Labute approximate surface area is 201 Å². The van der Waals surface area contributed by atoms with Crippen molar-refractivity contribution in [3.05, 3.63) is 95.1 Å². The van der Waals surface area contributed by atoms with Gasteiger partial charge in [0, 0.05) is 42.6 Å². The summed E-state index contributed by atoms with van der Waals surface area (Å²) in [5, 5.41) is 3.23. The van der Waals surface area contributed by atoms with E-state index in [-0.39, 0.29) is 17.9 Å². The number of aryl methyl sites for hydroxylation is 1. The minimum atomic E-state index is 0.0729. The first-order chi connectivity index (χ1) is 16.6. The van der Waals surface area contributed by atoms with Crippen molar-refractivity contribution >= 4 is 23.2 Å². The van der Waals surface area contributed by atoms with Gasteiger partial charge in [0.15, 0.2) is 0 Å². The van der Waals surface area contributed by atoms with Gasteiger partial charge < -0.3 is 15.1 Å². The van der Waals surface area contributed by atoms with Gasteiger partial charge in [-0.05, 0) is 67.1 Å². The van der Waals surface area contributed by atoms with Gasteiger partial charge in [-0.25, -0.2) is 0 Å². The van der Waals surface area contributed by atoms with Gasteiger partial charge in [-0.15, -0.1) is 0 Å². The van der Waals surface area contributed by atoms with Gasteiger partial charge in [-0.1, -0.05) is 48.5 Å². The highest BCUT2D eigenvalue weighted by Gasteiger charge is 2.28. The second kappa shape index (κ2) is 9.72. The number of carbonyl (C=O) groups excluding carboxylic acids is 2. The van der Waals surface area contributed by atoms with Crippen molar-refractivity contribution in [2.45, 2.75) is 38.6 Å². The lowest BCUT2D eigenvalue weighted by atomic mass is 10.0. The highest BCUT2D eigenvalue weighted by molar-refractivity contribution is 6.08. The maximum atomic E-state index is 13.2. The van der Waals surface area contributed by atoms with Crippen LogP contribution in [0.15, 0.2) is 72.8 Å². The Bertz CT molecular complexity index is 1190. The molecule has 0 aliphatic carbocycles. The molecule has 5 rings (SSSR count). The lowest BCUT2D eigenvalue weighted by Crippen LogP contribution is -2.48. The van der Waals surface area contributed by atoms with Gasteiger partial charge in [0.1, 0.15) is 0 Å². The first-order valence-electron chi connectivity index (χ1n) is 12.2. The third-order valence-corrected chi connectivity index (χ3v) is 6.94. The van der Waals surface area contributed by atoms with Gasteiger partial charge in [0.25, 0.3) is 5.91 Å². The third kappa shape index (κ3) is 4.69. The number of fused-ring (bicyclic) bond motifs is 1. The Morgan fingerprint density at radius 3 is 2.59 bits per heavy atom. The first-order valence-corrected chi connectivity index (χ1v) is 12.2. The third-order valence-electron chi connectivity index (χ3n) is 6.94. The van der Waals surface area contributed by atoms with E-state index in [9.17, 15) is 9.59 Å². The molecule has 3 aromatic carbocycles. The zero-order valence-corrected chi connectivity index (χ0v) is 19.7. The standard InChI is InChI=1S/C29H31N3O2/c1-21-8-5-6-12-26(21)29(34)32-17-15-23-19-25(13-14-27(23)32)31-16-7-11-24(20-31)30-28(33)18-22-9-3-2-4-10-22/h2-6,8-10,12-14,19,24H,7,11,15-18,20H2,1H3,(H,30,33). The first kappa shape index (κ1) is 22.2. The minimum absolute atomic E-state index is 0.0729. The molecule has 1 unspecified atom stereocenters. The summed E-state index contributed by atoms with van der Waals surface area (Å²) in [7, 11) is 0. The summed E-state index contributed by atoms with van der Waals surface area (Å²) in [5.74, 6) is 0.154. The quantitative estimate of drug-likeness (QED) is 0.618. The zero-order chi connectivity index (χ0) is 23.5. The molecule has 5 nitrogen and oxygen atoms in total. The topological polar surface area (TPSA) is 52.7 Å². The molecule has 5 heteroatoms. The second-order valence-corrected chi connectivity index (χ2v) is 9.35. The van der Waals surface area contributed by atoms with Crippen molar-refractivity contribution < 1.29 is 9.59 Å². The maximum absolute atomic E-state index is 13.2. The Morgan fingerprint density at radius 2 is 1.76 bits per heavy atom. The van der Waals surface area contributed by atoms with Crippen molar-refractivity contribution in [1.29, 1.82) is 0 Å². The Morgan fingerprint density at radius 1 is 0.971 bits per heavy atom. The minimum Gasteiger partial charge on any atom is -0.369 e. The van der Waals surface area contributed by atoms with Crippen LogP contribution in [0.2, 0.25) is 0 Å². The van der Waals surface area contributed by atoms with Gasteiger partial charge in [-0.2, -0.15) is 0 Å². The summed E-state index contributed by atoms with van der Waals surface area (Å²) in [5.41, 5.74) is 6.22. The van der Waals surface area contributed by atoms with Crippen LogP contribution >= 0.6 is 0 Å². The summed E-state index contributed by atoms with van der Waals surface area (Å²) in [6.07, 6.45) is 3.33. The number of piperidine rings is 1. The molecule has 0 bridgehead atoms. The molecular formula is C29H31N3O2. The predicted octanol–water partition coefficient (Wildman–Crippen LogP) is 4.53. The fourth-order valence-corrected chi connectivity index (χ4v) is 5.14. The van der Waals surface area contributed by atoms with Gasteiger partial charge >= 0.3 is 0 Å². The number of carbonyl (C=O) groups is 2. The van der Waals surface area contributed by atoms with E-state index in [0.717, 1.165) is 54.7 Å². The van der Waals surface area contributed by atoms with E-state index >= 15 is 0 Å². The van der Waals surface area contributed by atoms with Crippen molar-refractivity contribution in [2.24, 2.45) is 0 Å². The van der Waals surface area contributed by atoms with Gasteiger partial charge in [0.2, 0.25) is 5.91 Å². The highest BCUT2D eigenvalue weighted by Crippen LogP contribution is 2.34. The van der Waals surface area contributed by atoms with Crippen molar-refractivity contribution in [1.82, 2.24) is 5.32 Å². The second-order valence-electron chi connectivity index (χ2n) is 9.35. The zero-order valence-electron chi connectivity index (χ0n) is 19.7. The average Bonchev–Trinajstić information content (AvgIpc) is 3.28. The molecule has 174 valence electrons. The number of nitrogens with zero attached hydrogens (tertiary/aromatic N) is 2. The molecule has 2 aliphatic heterocycles. The summed E-state index contributed by atoms with van der Waals surface area (Å²) in [6.45, 7) is 4.49. The van der Waals surface area contributed by atoms with Gasteiger partial charge in [-0.3, -0.25) is 9.59 Å². The Balaban J connectivity index is 1.25. The molecule has 3 aromatic rings. The smallest absolute Gasteiger partial charge is 0.258 e. The molecule has 2 aliphatic rings. The summed E-state index contributed by atoms with van der Waals surface area (Å²) in [6, 6.07) is 24.3. The van der Waals surface area contributed by atoms with E-state index in [0.29, 0.717) is 13.0 Å². The summed E-state index contributed by atoms with van der Waals surface area (Å²) >= 11 is 0. The molecule has 0 radical (unpaired) electrons. The van der Waals surface area contributed by atoms with Crippen LogP contribution in [0.1, 0.15) is 39.9 Å². The predicted molar refractivity (Wildman–Crippen MR) is 137 cm³/mol. The Kier molecular flexibility index (Phi) is 6.35. The highest BCUT2D eigenvalue weighted by atomic mass is 16.2. The molecule has 1 saturated heterocycles. The maximum Gasteiger partial charge on any atom is 0.258 e. The molecule has 1 atom stereocenters. The van der Waals surface area contributed by atoms with Crippen molar-refractivity contribution in [3.8, 4) is 0 Å². The number of rotatable bonds is 5. The molecule has 2 amide bonds. The molecular weight excluding hydrogens is 422 g/mol. The number of benzene rings is 3. The van der Waals surface area contributed by atoms with E-state index in [4.69, 9.17) is 0 Å². The molecule has 1 fully saturated rings. The monoisotopic (exact) mass is 453 g/mol. The largest absolute Gasteiger partial charge is 0.369 e. The normalized spacial score (nSPS) is 17.4. The Hall–Kier alpha value is -3.60. The van der Waals surface area contributed by atoms with Crippen LogP contribution in [0.3, 0.4) is 0 Å². The molecule has 0 aromatic heterocycles. The SMILES string of the molecule is Cc1ccccc1C(=O)N1CCc2cc(N3CCCC(NC(=O)Cc4ccccc4)C3)ccc21. The molecule has 2 heterocycles. The summed E-state index contributed by atoms with van der Waals surface area (Å²) in [4.78, 5) is 30.0. The number of hydrogen-bond donors (Lipinski definition) is 1. The van der Waals surface area contributed by atoms with E-state index in [1.807, 2.05) is 66.4 Å². The fraction of sp³-hybridized carbons (Fsp3) is 0.310. The van der Waals surface area contributed by atoms with Crippen LogP contribution in [-0.2, 0) is 17.6 Å². The molecule has 1 N–H and O–H groups in total. The fourth-order valence-electron chi connectivity index (χ4n) is 5.14. The molecule has 34 heavy (non-hydrogen) atoms. The summed E-state index contributed by atoms with van der Waals surface area (Å²) < 4.78 is 0. The number of nitrogens with one attached hydrogen (secondary N) is 1. The number of anilines is 2. The molecule has 0 spiro atoms. The van der Waals surface area contributed by atoms with Crippen LogP contribution in [0.5, 0.6) is 0 Å². The van der Waals surface area contributed by atoms with Crippen molar-refractivity contribution in [3.63, 3.8) is 0 Å². The average molecular weight is 454 g/mol. The lowest BCUT2D eigenvalue weighted by molar-refractivity contribution is -0.121. The van der Waals surface area contributed by atoms with Crippen LogP contribution in [0.4, 0.5) is 11.4 Å². The van der Waals surface area contributed by atoms with Crippen molar-refractivity contribution in [2.75, 3.05) is 29.4 Å². The van der Waals surface area contributed by atoms with Crippen LogP contribution in [-0.4, -0.2) is 37.5 Å².